The summed E-state index contributed by atoms with van der Waals surface area (Å²) in [5, 5.41) is 8.53. The maximum atomic E-state index is 11.8. The lowest BCUT2D eigenvalue weighted by Gasteiger charge is -2.10. The predicted molar refractivity (Wildman–Crippen MR) is 63.3 cm³/mol. The number of rotatable bonds is 10. The van der Waals surface area contributed by atoms with E-state index in [-0.39, 0.29) is 11.7 Å². The van der Waals surface area contributed by atoms with Crippen LogP contribution in [0.15, 0.2) is 0 Å². The van der Waals surface area contributed by atoms with Gasteiger partial charge < -0.3 is 5.11 Å². The lowest BCUT2D eigenvalue weighted by molar-refractivity contribution is -0.136. The Hall–Kier alpha value is -0.320. The molecule has 96 valence electrons. The summed E-state index contributed by atoms with van der Waals surface area (Å²) < 4.78 is 23.6. The van der Waals surface area contributed by atoms with Crippen molar-refractivity contribution >= 4 is 17.7 Å². The van der Waals surface area contributed by atoms with E-state index >= 15 is 0 Å². The van der Waals surface area contributed by atoms with Crippen LogP contribution in [0.5, 0.6) is 0 Å². The summed E-state index contributed by atoms with van der Waals surface area (Å²) in [5.74, 6) is -0.0142. The normalized spacial score (nSPS) is 13.0. The maximum absolute atomic E-state index is 11.8. The number of hydrogen-bond acceptors (Lipinski definition) is 2. The molecule has 1 atom stereocenters. The average Bonchev–Trinajstić information content (AvgIpc) is 2.20. The SMILES string of the molecule is CCCC(SCCCCCC(F)F)C(=O)O. The molecule has 0 rings (SSSR count). The van der Waals surface area contributed by atoms with Crippen LogP contribution in [0.1, 0.15) is 45.4 Å². The second kappa shape index (κ2) is 9.87. The summed E-state index contributed by atoms with van der Waals surface area (Å²) >= 11 is 1.43. The highest BCUT2D eigenvalue weighted by Crippen LogP contribution is 2.19. The highest BCUT2D eigenvalue weighted by atomic mass is 32.2. The number of carbonyl (C=O) groups is 1. The summed E-state index contributed by atoms with van der Waals surface area (Å²) in [6.45, 7) is 1.96. The summed E-state index contributed by atoms with van der Waals surface area (Å²) in [6, 6.07) is 0. The van der Waals surface area contributed by atoms with E-state index in [9.17, 15) is 13.6 Å². The summed E-state index contributed by atoms with van der Waals surface area (Å²) in [7, 11) is 0. The average molecular weight is 254 g/mol. The molecule has 0 saturated heterocycles. The molecule has 0 spiro atoms. The first-order valence-electron chi connectivity index (χ1n) is 5.70. The van der Waals surface area contributed by atoms with Crippen molar-refractivity contribution in [3.8, 4) is 0 Å². The van der Waals surface area contributed by atoms with E-state index in [1.807, 2.05) is 6.92 Å². The standard InChI is InChI=1S/C11H20F2O2S/c1-2-6-9(11(14)15)16-8-5-3-4-7-10(12)13/h9-10H,2-8H2,1H3,(H,14,15). The van der Waals surface area contributed by atoms with Crippen LogP contribution in [-0.4, -0.2) is 28.5 Å². The third kappa shape index (κ3) is 8.95. The largest absolute Gasteiger partial charge is 0.480 e. The fourth-order valence-corrected chi connectivity index (χ4v) is 2.54. The molecular weight excluding hydrogens is 234 g/mol. The molecule has 1 N–H and O–H groups in total. The fraction of sp³-hybridized carbons (Fsp3) is 0.909. The summed E-state index contributed by atoms with van der Waals surface area (Å²) in [6.07, 6.45) is 1.40. The first-order valence-corrected chi connectivity index (χ1v) is 6.75. The molecule has 0 aromatic rings. The Balaban J connectivity index is 3.44. The van der Waals surface area contributed by atoms with Crippen LogP contribution in [0, 0.1) is 0 Å². The van der Waals surface area contributed by atoms with Gasteiger partial charge in [-0.05, 0) is 25.0 Å². The van der Waals surface area contributed by atoms with Crippen molar-refractivity contribution < 1.29 is 18.7 Å². The summed E-state index contributed by atoms with van der Waals surface area (Å²) in [4.78, 5) is 10.8. The second-order valence-electron chi connectivity index (χ2n) is 3.73. The number of alkyl halides is 2. The third-order valence-corrected chi connectivity index (χ3v) is 3.58. The van der Waals surface area contributed by atoms with E-state index in [0.717, 1.165) is 25.0 Å². The minimum atomic E-state index is -2.21. The second-order valence-corrected chi connectivity index (χ2v) is 5.04. The Kier molecular flexibility index (Phi) is 9.68. The number of halogens is 2. The Morgan fingerprint density at radius 1 is 1.25 bits per heavy atom. The molecule has 0 aliphatic carbocycles. The van der Waals surface area contributed by atoms with Gasteiger partial charge in [0.25, 0.3) is 0 Å². The van der Waals surface area contributed by atoms with Crippen LogP contribution >= 0.6 is 11.8 Å². The molecule has 5 heteroatoms. The van der Waals surface area contributed by atoms with Crippen LogP contribution in [0.4, 0.5) is 8.78 Å². The van der Waals surface area contributed by atoms with Crippen LogP contribution in [0.2, 0.25) is 0 Å². The molecule has 0 aliphatic heterocycles. The molecule has 0 aromatic heterocycles. The van der Waals surface area contributed by atoms with Gasteiger partial charge in [-0.25, -0.2) is 8.78 Å². The topological polar surface area (TPSA) is 37.3 Å². The van der Waals surface area contributed by atoms with Crippen molar-refractivity contribution in [3.05, 3.63) is 0 Å². The van der Waals surface area contributed by atoms with Crippen LogP contribution in [0.25, 0.3) is 0 Å². The first kappa shape index (κ1) is 15.7. The highest BCUT2D eigenvalue weighted by molar-refractivity contribution is 8.00. The molecular formula is C11H20F2O2S. The highest BCUT2D eigenvalue weighted by Gasteiger charge is 2.15. The van der Waals surface area contributed by atoms with Gasteiger partial charge in [-0.2, -0.15) is 0 Å². The number of carboxylic acids is 1. The lowest BCUT2D eigenvalue weighted by atomic mass is 10.2. The van der Waals surface area contributed by atoms with Gasteiger partial charge in [-0.3, -0.25) is 4.79 Å². The molecule has 2 nitrogen and oxygen atoms in total. The van der Waals surface area contributed by atoms with E-state index in [2.05, 4.69) is 0 Å². The van der Waals surface area contributed by atoms with Crippen LogP contribution in [0.3, 0.4) is 0 Å². The molecule has 0 radical (unpaired) electrons. The molecule has 0 heterocycles. The van der Waals surface area contributed by atoms with Gasteiger partial charge in [0.1, 0.15) is 5.25 Å². The number of unbranched alkanes of at least 4 members (excludes halogenated alkanes) is 2. The zero-order valence-electron chi connectivity index (χ0n) is 9.62. The van der Waals surface area contributed by atoms with Crippen molar-refractivity contribution in [2.75, 3.05) is 5.75 Å². The Labute approximate surface area is 99.8 Å². The Morgan fingerprint density at radius 3 is 2.44 bits per heavy atom. The van der Waals surface area contributed by atoms with Gasteiger partial charge in [0.05, 0.1) is 0 Å². The molecule has 0 aromatic carbocycles. The van der Waals surface area contributed by atoms with Gasteiger partial charge in [0.15, 0.2) is 0 Å². The molecule has 16 heavy (non-hydrogen) atoms. The van der Waals surface area contributed by atoms with E-state index < -0.39 is 12.4 Å². The van der Waals surface area contributed by atoms with Crippen molar-refractivity contribution in [2.45, 2.75) is 57.1 Å². The van der Waals surface area contributed by atoms with E-state index in [1.165, 1.54) is 11.8 Å². The van der Waals surface area contributed by atoms with Crippen molar-refractivity contribution in [1.29, 1.82) is 0 Å². The van der Waals surface area contributed by atoms with Crippen LogP contribution in [-0.2, 0) is 4.79 Å². The number of aliphatic carboxylic acids is 1. The smallest absolute Gasteiger partial charge is 0.316 e. The molecule has 0 aliphatic rings. The van der Waals surface area contributed by atoms with Crippen LogP contribution < -0.4 is 0 Å². The Bertz CT molecular complexity index is 189. The molecule has 1 unspecified atom stereocenters. The van der Waals surface area contributed by atoms with E-state index in [0.29, 0.717) is 12.8 Å². The summed E-state index contributed by atoms with van der Waals surface area (Å²) in [5.41, 5.74) is 0. The van der Waals surface area contributed by atoms with Gasteiger partial charge in [0.2, 0.25) is 6.43 Å². The van der Waals surface area contributed by atoms with Crippen molar-refractivity contribution in [3.63, 3.8) is 0 Å². The number of thioether (sulfide) groups is 1. The minimum absolute atomic E-state index is 0.0397. The molecule has 0 fully saturated rings. The predicted octanol–water partition coefficient (Wildman–Crippen LogP) is 3.80. The lowest BCUT2D eigenvalue weighted by Crippen LogP contribution is -2.16. The van der Waals surface area contributed by atoms with Crippen molar-refractivity contribution in [1.82, 2.24) is 0 Å². The first-order chi connectivity index (χ1) is 7.57. The fourth-order valence-electron chi connectivity index (χ4n) is 1.34. The maximum Gasteiger partial charge on any atom is 0.316 e. The van der Waals surface area contributed by atoms with E-state index in [4.69, 9.17) is 5.11 Å². The quantitative estimate of drug-likeness (QED) is 0.602. The third-order valence-electron chi connectivity index (χ3n) is 2.21. The van der Waals surface area contributed by atoms with Gasteiger partial charge in [-0.1, -0.05) is 19.8 Å². The van der Waals surface area contributed by atoms with E-state index in [1.54, 1.807) is 0 Å². The van der Waals surface area contributed by atoms with Crippen molar-refractivity contribution in [2.24, 2.45) is 0 Å². The number of hydrogen-bond donors (Lipinski definition) is 1. The minimum Gasteiger partial charge on any atom is -0.480 e. The molecule has 0 bridgehead atoms. The zero-order chi connectivity index (χ0) is 12.4. The Morgan fingerprint density at radius 2 is 1.94 bits per heavy atom. The zero-order valence-corrected chi connectivity index (χ0v) is 10.4. The molecule has 0 saturated carbocycles. The van der Waals surface area contributed by atoms with Gasteiger partial charge in [-0.15, -0.1) is 11.8 Å². The number of carboxylic acid groups (broad SMARTS) is 1. The van der Waals surface area contributed by atoms with Gasteiger partial charge >= 0.3 is 5.97 Å². The molecule has 0 amide bonds. The van der Waals surface area contributed by atoms with Gasteiger partial charge in [0, 0.05) is 6.42 Å². The monoisotopic (exact) mass is 254 g/mol.